The van der Waals surface area contributed by atoms with Crippen LogP contribution in [0.25, 0.3) is 0 Å². The maximum Gasteiger partial charge on any atom is 0.268 e. The summed E-state index contributed by atoms with van der Waals surface area (Å²) in [7, 11) is 1.78. The van der Waals surface area contributed by atoms with Crippen molar-refractivity contribution in [3.8, 4) is 0 Å². The minimum absolute atomic E-state index is 0.0535. The fourth-order valence-corrected chi connectivity index (χ4v) is 3.43. The van der Waals surface area contributed by atoms with Gasteiger partial charge in [-0.05, 0) is 43.5 Å². The van der Waals surface area contributed by atoms with Gasteiger partial charge in [0.15, 0.2) is 5.60 Å². The normalized spacial score (nSPS) is 15.1. The van der Waals surface area contributed by atoms with Crippen LogP contribution >= 0.6 is 0 Å². The Labute approximate surface area is 188 Å². The average molecular weight is 445 g/mol. The van der Waals surface area contributed by atoms with Gasteiger partial charge in [0.25, 0.3) is 11.8 Å². The van der Waals surface area contributed by atoms with Crippen LogP contribution in [-0.2, 0) is 20.2 Å². The van der Waals surface area contributed by atoms with Gasteiger partial charge < -0.3 is 10.2 Å². The molecule has 0 aliphatic carbocycles. The first-order valence-electron chi connectivity index (χ1n) is 10.6. The van der Waals surface area contributed by atoms with Crippen LogP contribution in [0.2, 0.25) is 0 Å². The summed E-state index contributed by atoms with van der Waals surface area (Å²) in [5.41, 5.74) is 1.47. The van der Waals surface area contributed by atoms with E-state index in [0.29, 0.717) is 31.5 Å². The number of hydrogen-bond donors (Lipinski definition) is 3. The van der Waals surface area contributed by atoms with E-state index in [1.54, 1.807) is 24.1 Å². The maximum absolute atomic E-state index is 12.7. The van der Waals surface area contributed by atoms with Gasteiger partial charge in [-0.3, -0.25) is 19.4 Å². The summed E-state index contributed by atoms with van der Waals surface area (Å²) in [5, 5.41) is 9.53. The SMILES string of the molecule is CN(CCCCCCC(=O)N=NON)C(=O)c1ccc(C(C)(ON)C2=CC=CCN2)cc1. The lowest BCUT2D eigenvalue weighted by Crippen LogP contribution is -2.38. The van der Waals surface area contributed by atoms with Gasteiger partial charge in [0.2, 0.25) is 0 Å². The molecule has 1 aliphatic rings. The highest BCUT2D eigenvalue weighted by atomic mass is 16.8. The van der Waals surface area contributed by atoms with E-state index < -0.39 is 5.60 Å². The number of allylic oxidation sites excluding steroid dienone is 2. The standard InChI is InChI=1S/C22H32N6O4/c1-22(31-23,19-9-6-7-15-25-19)18-13-11-17(12-14-18)21(30)28(2)16-8-4-3-5-10-20(29)26-27-32-24/h6-7,9,11-14,25H,3-5,8,10,15-16,23-24H2,1-2H3. The van der Waals surface area contributed by atoms with Crippen molar-refractivity contribution in [3.63, 3.8) is 0 Å². The zero-order chi connectivity index (χ0) is 23.4. The Hall–Kier alpha value is -3.08. The third-order valence-electron chi connectivity index (χ3n) is 5.42. The largest absolute Gasteiger partial charge is 0.382 e. The van der Waals surface area contributed by atoms with Crippen LogP contribution in [0.3, 0.4) is 0 Å². The van der Waals surface area contributed by atoms with E-state index in [4.69, 9.17) is 10.7 Å². The molecular formula is C22H32N6O4. The summed E-state index contributed by atoms with van der Waals surface area (Å²) >= 11 is 0. The highest BCUT2D eigenvalue weighted by molar-refractivity contribution is 5.94. The average Bonchev–Trinajstić information content (AvgIpc) is 2.84. The molecular weight excluding hydrogens is 412 g/mol. The van der Waals surface area contributed by atoms with E-state index in [-0.39, 0.29) is 11.8 Å². The molecule has 0 bridgehead atoms. The summed E-state index contributed by atoms with van der Waals surface area (Å²) in [6, 6.07) is 7.30. The van der Waals surface area contributed by atoms with Gasteiger partial charge in [-0.25, -0.2) is 5.90 Å². The van der Waals surface area contributed by atoms with Gasteiger partial charge in [-0.1, -0.05) is 42.2 Å². The summed E-state index contributed by atoms with van der Waals surface area (Å²) in [6.07, 6.45) is 9.48. The van der Waals surface area contributed by atoms with E-state index in [2.05, 4.69) is 26.5 Å². The number of benzene rings is 1. The molecule has 10 nitrogen and oxygen atoms in total. The van der Waals surface area contributed by atoms with Gasteiger partial charge in [0, 0.05) is 37.8 Å². The Morgan fingerprint density at radius 3 is 2.50 bits per heavy atom. The molecule has 0 aromatic heterocycles. The molecule has 1 heterocycles. The monoisotopic (exact) mass is 444 g/mol. The number of nitrogens with one attached hydrogen (secondary N) is 1. The van der Waals surface area contributed by atoms with Crippen LogP contribution in [0.5, 0.6) is 0 Å². The lowest BCUT2D eigenvalue weighted by molar-refractivity contribution is -0.119. The number of nitrogens with zero attached hydrogens (tertiary/aromatic N) is 3. The molecule has 1 aliphatic heterocycles. The minimum Gasteiger partial charge on any atom is -0.382 e. The number of rotatable bonds is 12. The summed E-state index contributed by atoms with van der Waals surface area (Å²) in [6.45, 7) is 3.22. The van der Waals surface area contributed by atoms with Crippen LogP contribution < -0.4 is 17.1 Å². The Morgan fingerprint density at radius 2 is 1.88 bits per heavy atom. The smallest absolute Gasteiger partial charge is 0.268 e. The molecule has 2 amide bonds. The quantitative estimate of drug-likeness (QED) is 0.255. The lowest BCUT2D eigenvalue weighted by atomic mass is 9.90. The predicted molar refractivity (Wildman–Crippen MR) is 119 cm³/mol. The van der Waals surface area contributed by atoms with Crippen LogP contribution in [-0.4, -0.2) is 36.9 Å². The molecule has 1 atom stereocenters. The third kappa shape index (κ3) is 6.98. The molecule has 0 radical (unpaired) electrons. The van der Waals surface area contributed by atoms with Crippen molar-refractivity contribution in [1.82, 2.24) is 10.2 Å². The zero-order valence-corrected chi connectivity index (χ0v) is 18.6. The van der Waals surface area contributed by atoms with E-state index in [1.165, 1.54) is 0 Å². The Kier molecular flexibility index (Phi) is 9.99. The summed E-state index contributed by atoms with van der Waals surface area (Å²) < 4.78 is 0. The number of hydrogen-bond acceptors (Lipinski definition) is 8. The van der Waals surface area contributed by atoms with E-state index in [1.807, 2.05) is 37.3 Å². The van der Waals surface area contributed by atoms with Crippen LogP contribution in [0.1, 0.15) is 54.9 Å². The van der Waals surface area contributed by atoms with Crippen LogP contribution in [0, 0.1) is 0 Å². The molecule has 0 saturated heterocycles. The van der Waals surface area contributed by atoms with Crippen molar-refractivity contribution in [2.45, 2.75) is 44.6 Å². The first-order chi connectivity index (χ1) is 15.4. The Bertz CT molecular complexity index is 852. The van der Waals surface area contributed by atoms with Crippen molar-refractivity contribution in [2.75, 3.05) is 20.1 Å². The maximum atomic E-state index is 12.7. The predicted octanol–water partition coefficient (Wildman–Crippen LogP) is 2.64. The molecule has 1 aromatic carbocycles. The lowest BCUT2D eigenvalue weighted by Gasteiger charge is -2.32. The first kappa shape index (κ1) is 25.2. The van der Waals surface area contributed by atoms with Gasteiger partial charge in [0.1, 0.15) is 0 Å². The fourth-order valence-electron chi connectivity index (χ4n) is 3.43. The number of nitrogens with two attached hydrogens (primary N) is 2. The molecule has 0 spiro atoms. The van der Waals surface area contributed by atoms with Crippen molar-refractivity contribution in [3.05, 3.63) is 59.3 Å². The van der Waals surface area contributed by atoms with Gasteiger partial charge in [-0.2, -0.15) is 0 Å². The molecule has 0 fully saturated rings. The molecule has 32 heavy (non-hydrogen) atoms. The second kappa shape index (κ2) is 12.7. The summed E-state index contributed by atoms with van der Waals surface area (Å²) in [4.78, 5) is 34.9. The second-order valence-corrected chi connectivity index (χ2v) is 7.69. The molecule has 5 N–H and O–H groups in total. The van der Waals surface area contributed by atoms with Gasteiger partial charge in [-0.15, -0.1) is 5.90 Å². The Morgan fingerprint density at radius 1 is 1.16 bits per heavy atom. The molecule has 1 aromatic rings. The highest BCUT2D eigenvalue weighted by Gasteiger charge is 2.32. The topological polar surface area (TPSA) is 145 Å². The molecule has 2 rings (SSSR count). The number of dihydropyridines is 1. The van der Waals surface area contributed by atoms with Crippen molar-refractivity contribution >= 4 is 11.8 Å². The minimum atomic E-state index is -0.835. The first-order valence-corrected chi connectivity index (χ1v) is 10.6. The molecule has 174 valence electrons. The molecule has 0 saturated carbocycles. The van der Waals surface area contributed by atoms with Gasteiger partial charge in [0.05, 0.1) is 5.28 Å². The van der Waals surface area contributed by atoms with E-state index in [0.717, 1.165) is 30.5 Å². The van der Waals surface area contributed by atoms with Crippen LogP contribution in [0.4, 0.5) is 0 Å². The number of carbonyl (C=O) groups is 2. The number of amides is 2. The van der Waals surface area contributed by atoms with Crippen molar-refractivity contribution < 1.29 is 19.4 Å². The van der Waals surface area contributed by atoms with E-state index in [9.17, 15) is 9.59 Å². The zero-order valence-electron chi connectivity index (χ0n) is 18.6. The number of carbonyl (C=O) groups excluding carboxylic acids is 2. The Balaban J connectivity index is 1.82. The van der Waals surface area contributed by atoms with E-state index >= 15 is 0 Å². The van der Waals surface area contributed by atoms with Crippen LogP contribution in [0.15, 0.2) is 58.6 Å². The highest BCUT2D eigenvalue weighted by Crippen LogP contribution is 2.31. The third-order valence-corrected chi connectivity index (χ3v) is 5.42. The van der Waals surface area contributed by atoms with Crippen molar-refractivity contribution in [1.29, 1.82) is 0 Å². The summed E-state index contributed by atoms with van der Waals surface area (Å²) in [5.74, 6) is 9.87. The second-order valence-electron chi connectivity index (χ2n) is 7.69. The number of unbranched alkanes of at least 4 members (excludes halogenated alkanes) is 3. The molecule has 10 heteroatoms. The molecule has 1 unspecified atom stereocenters. The fraction of sp³-hybridized carbons (Fsp3) is 0.455. The van der Waals surface area contributed by atoms with Gasteiger partial charge >= 0.3 is 0 Å². The van der Waals surface area contributed by atoms with Crippen molar-refractivity contribution in [2.24, 2.45) is 22.2 Å².